The van der Waals surface area contributed by atoms with Crippen molar-refractivity contribution < 1.29 is 5.11 Å². The van der Waals surface area contributed by atoms with E-state index in [1.54, 1.807) is 0 Å². The Hall–Kier alpha value is -0.570. The lowest BCUT2D eigenvalue weighted by molar-refractivity contribution is 0.0892. The lowest BCUT2D eigenvalue weighted by atomic mass is 9.74. The molecule has 1 aliphatic heterocycles. The normalized spacial score (nSPS) is 18.5. The smallest absolute Gasteiger partial charge is 0.0491 e. The van der Waals surface area contributed by atoms with Crippen LogP contribution in [0, 0.1) is 12.3 Å². The Labute approximate surface area is 110 Å². The predicted octanol–water partition coefficient (Wildman–Crippen LogP) is 2.32. The fourth-order valence-corrected chi connectivity index (χ4v) is 2.56. The number of aliphatic hydroxyl groups is 1. The zero-order chi connectivity index (χ0) is 11.4. The summed E-state index contributed by atoms with van der Waals surface area (Å²) in [6.45, 7) is 4.53. The highest BCUT2D eigenvalue weighted by Gasteiger charge is 2.31. The van der Waals surface area contributed by atoms with Gasteiger partial charge in [0.25, 0.3) is 0 Å². The van der Waals surface area contributed by atoms with Gasteiger partial charge in [-0.25, -0.2) is 0 Å². The van der Waals surface area contributed by atoms with Crippen molar-refractivity contribution >= 4 is 12.4 Å². The largest absolute Gasteiger partial charge is 0.396 e. The molecule has 0 amide bonds. The van der Waals surface area contributed by atoms with Crippen LogP contribution in [0.1, 0.15) is 24.0 Å². The molecule has 2 rings (SSSR count). The zero-order valence-electron chi connectivity index (χ0n) is 10.4. The SMILES string of the molecule is Cc1ccccc1CC1(CO)CCNCC1.Cl. The standard InChI is InChI=1S/C14H21NO.ClH/c1-12-4-2-3-5-13(12)10-14(11-16)6-8-15-9-7-14;/h2-5,15-16H,6-11H2,1H3;1H. The first kappa shape index (κ1) is 14.5. The summed E-state index contributed by atoms with van der Waals surface area (Å²) in [4.78, 5) is 0. The highest BCUT2D eigenvalue weighted by molar-refractivity contribution is 5.85. The van der Waals surface area contributed by atoms with Gasteiger partial charge in [0, 0.05) is 6.61 Å². The summed E-state index contributed by atoms with van der Waals surface area (Å²) in [6, 6.07) is 8.51. The second kappa shape index (κ2) is 6.39. The van der Waals surface area contributed by atoms with E-state index in [1.807, 2.05) is 0 Å². The summed E-state index contributed by atoms with van der Waals surface area (Å²) in [5.41, 5.74) is 2.84. The molecule has 2 N–H and O–H groups in total. The highest BCUT2D eigenvalue weighted by Crippen LogP contribution is 2.33. The van der Waals surface area contributed by atoms with E-state index in [1.165, 1.54) is 11.1 Å². The van der Waals surface area contributed by atoms with E-state index in [0.29, 0.717) is 6.61 Å². The molecule has 0 aliphatic carbocycles. The van der Waals surface area contributed by atoms with Gasteiger partial charge in [-0.15, -0.1) is 12.4 Å². The van der Waals surface area contributed by atoms with Gasteiger partial charge in [0.2, 0.25) is 0 Å². The fraction of sp³-hybridized carbons (Fsp3) is 0.571. The van der Waals surface area contributed by atoms with E-state index in [9.17, 15) is 5.11 Å². The number of nitrogens with one attached hydrogen (secondary N) is 1. The van der Waals surface area contributed by atoms with Crippen molar-refractivity contribution in [1.82, 2.24) is 5.32 Å². The molecule has 1 aliphatic rings. The van der Waals surface area contributed by atoms with E-state index in [0.717, 1.165) is 32.4 Å². The van der Waals surface area contributed by atoms with Crippen molar-refractivity contribution in [1.29, 1.82) is 0 Å². The minimum atomic E-state index is 0. The van der Waals surface area contributed by atoms with Crippen molar-refractivity contribution in [3.05, 3.63) is 35.4 Å². The number of aliphatic hydroxyl groups excluding tert-OH is 1. The minimum absolute atomic E-state index is 0. The van der Waals surface area contributed by atoms with Crippen molar-refractivity contribution in [3.8, 4) is 0 Å². The molecular weight excluding hydrogens is 234 g/mol. The molecule has 0 aromatic heterocycles. The van der Waals surface area contributed by atoms with Crippen LogP contribution < -0.4 is 5.32 Å². The monoisotopic (exact) mass is 255 g/mol. The van der Waals surface area contributed by atoms with Crippen LogP contribution in [0.2, 0.25) is 0 Å². The second-order valence-corrected chi connectivity index (χ2v) is 5.01. The van der Waals surface area contributed by atoms with E-state index < -0.39 is 0 Å². The van der Waals surface area contributed by atoms with Crippen molar-refractivity contribution in [2.24, 2.45) is 5.41 Å². The third-order valence-corrected chi connectivity index (χ3v) is 3.83. The van der Waals surface area contributed by atoms with Crippen LogP contribution in [0.4, 0.5) is 0 Å². The average molecular weight is 256 g/mol. The van der Waals surface area contributed by atoms with Crippen LogP contribution in [0.5, 0.6) is 0 Å². The number of hydrogen-bond donors (Lipinski definition) is 2. The van der Waals surface area contributed by atoms with E-state index in [-0.39, 0.29) is 17.8 Å². The van der Waals surface area contributed by atoms with E-state index >= 15 is 0 Å². The molecule has 3 heteroatoms. The van der Waals surface area contributed by atoms with Crippen LogP contribution in [-0.2, 0) is 6.42 Å². The van der Waals surface area contributed by atoms with Gasteiger partial charge in [-0.2, -0.15) is 0 Å². The number of rotatable bonds is 3. The molecule has 0 bridgehead atoms. The molecule has 0 unspecified atom stereocenters. The maximum absolute atomic E-state index is 9.67. The molecule has 0 atom stereocenters. The molecule has 96 valence electrons. The second-order valence-electron chi connectivity index (χ2n) is 5.01. The number of piperidine rings is 1. The first-order valence-corrected chi connectivity index (χ1v) is 6.12. The molecule has 17 heavy (non-hydrogen) atoms. The van der Waals surface area contributed by atoms with E-state index in [4.69, 9.17) is 0 Å². The fourth-order valence-electron chi connectivity index (χ4n) is 2.56. The lowest BCUT2D eigenvalue weighted by Crippen LogP contribution is -2.40. The molecule has 0 radical (unpaired) electrons. The van der Waals surface area contributed by atoms with Crippen LogP contribution in [0.15, 0.2) is 24.3 Å². The molecule has 2 nitrogen and oxygen atoms in total. The van der Waals surface area contributed by atoms with Crippen LogP contribution in [0.3, 0.4) is 0 Å². The first-order valence-electron chi connectivity index (χ1n) is 6.12. The van der Waals surface area contributed by atoms with Crippen molar-refractivity contribution in [2.75, 3.05) is 19.7 Å². The Balaban J connectivity index is 0.00000144. The highest BCUT2D eigenvalue weighted by atomic mass is 35.5. The maximum atomic E-state index is 9.67. The van der Waals surface area contributed by atoms with Gasteiger partial charge in [0.05, 0.1) is 0 Å². The zero-order valence-corrected chi connectivity index (χ0v) is 11.2. The average Bonchev–Trinajstić information content (AvgIpc) is 2.33. The lowest BCUT2D eigenvalue weighted by Gasteiger charge is -2.36. The summed E-state index contributed by atoms with van der Waals surface area (Å²) in [6.07, 6.45) is 3.17. The molecule has 1 aromatic carbocycles. The first-order chi connectivity index (χ1) is 7.76. The van der Waals surface area contributed by atoms with Gasteiger partial charge in [-0.1, -0.05) is 24.3 Å². The Morgan fingerprint density at radius 3 is 2.47 bits per heavy atom. The van der Waals surface area contributed by atoms with Gasteiger partial charge in [-0.3, -0.25) is 0 Å². The van der Waals surface area contributed by atoms with Gasteiger partial charge in [0.1, 0.15) is 0 Å². The van der Waals surface area contributed by atoms with Gasteiger partial charge in [-0.05, 0) is 55.8 Å². The summed E-state index contributed by atoms with van der Waals surface area (Å²) in [7, 11) is 0. The third kappa shape index (κ3) is 3.44. The Kier molecular flexibility index (Phi) is 5.44. The number of benzene rings is 1. The topological polar surface area (TPSA) is 32.3 Å². The number of hydrogen-bond acceptors (Lipinski definition) is 2. The quantitative estimate of drug-likeness (QED) is 0.869. The summed E-state index contributed by atoms with van der Waals surface area (Å²) >= 11 is 0. The van der Waals surface area contributed by atoms with E-state index in [2.05, 4.69) is 36.5 Å². The Bertz CT molecular complexity index is 348. The van der Waals surface area contributed by atoms with Gasteiger partial charge < -0.3 is 10.4 Å². The Morgan fingerprint density at radius 1 is 1.24 bits per heavy atom. The molecular formula is C14H22ClNO. The van der Waals surface area contributed by atoms with Crippen molar-refractivity contribution in [3.63, 3.8) is 0 Å². The molecule has 1 saturated heterocycles. The maximum Gasteiger partial charge on any atom is 0.0491 e. The molecule has 0 saturated carbocycles. The molecule has 1 heterocycles. The summed E-state index contributed by atoms with van der Waals surface area (Å²) < 4.78 is 0. The third-order valence-electron chi connectivity index (χ3n) is 3.83. The number of aryl methyl sites for hydroxylation is 1. The minimum Gasteiger partial charge on any atom is -0.396 e. The molecule has 0 spiro atoms. The van der Waals surface area contributed by atoms with Crippen molar-refractivity contribution in [2.45, 2.75) is 26.2 Å². The van der Waals surface area contributed by atoms with Gasteiger partial charge >= 0.3 is 0 Å². The number of halogens is 1. The predicted molar refractivity (Wildman–Crippen MR) is 73.8 cm³/mol. The van der Waals surface area contributed by atoms with Crippen LogP contribution in [0.25, 0.3) is 0 Å². The molecule has 1 aromatic rings. The Morgan fingerprint density at radius 2 is 1.88 bits per heavy atom. The molecule has 1 fully saturated rings. The van der Waals surface area contributed by atoms with Crippen LogP contribution in [-0.4, -0.2) is 24.8 Å². The summed E-state index contributed by atoms with van der Waals surface area (Å²) in [5.74, 6) is 0. The summed E-state index contributed by atoms with van der Waals surface area (Å²) in [5, 5.41) is 13.0. The van der Waals surface area contributed by atoms with Gasteiger partial charge in [0.15, 0.2) is 0 Å². The van der Waals surface area contributed by atoms with Crippen LogP contribution >= 0.6 is 12.4 Å².